The van der Waals surface area contributed by atoms with Gasteiger partial charge in [0.05, 0.1) is 36.4 Å². The van der Waals surface area contributed by atoms with Gasteiger partial charge in [-0.3, -0.25) is 4.79 Å². The summed E-state index contributed by atoms with van der Waals surface area (Å²) >= 11 is 16.6. The number of halogens is 4. The zero-order chi connectivity index (χ0) is 24.8. The predicted molar refractivity (Wildman–Crippen MR) is 151 cm³/mol. The molecule has 1 amide bonds. The van der Waals surface area contributed by atoms with Crippen molar-refractivity contribution in [2.45, 2.75) is 18.9 Å². The Labute approximate surface area is 234 Å². The number of phenolic OH excluding ortho intramolecular Hbond substituents is 1. The maximum absolute atomic E-state index is 12.9. The van der Waals surface area contributed by atoms with E-state index in [0.717, 1.165) is 5.56 Å². The number of hydrogen-bond donors (Lipinski definition) is 3. The van der Waals surface area contributed by atoms with Gasteiger partial charge in [0.15, 0.2) is 0 Å². The van der Waals surface area contributed by atoms with Gasteiger partial charge in [0, 0.05) is 12.1 Å². The summed E-state index contributed by atoms with van der Waals surface area (Å²) in [6.45, 7) is 0. The molecular weight excluding hydrogens is 705 g/mol. The van der Waals surface area contributed by atoms with Crippen molar-refractivity contribution in [3.63, 3.8) is 0 Å². The molecule has 1 unspecified atom stereocenters. The fourth-order valence-electron chi connectivity index (χ4n) is 3.27. The number of anilines is 2. The molecule has 3 aromatic rings. The highest BCUT2D eigenvalue weighted by atomic mass is 127. The minimum absolute atomic E-state index is 0.0172. The molecule has 6 nitrogen and oxygen atoms in total. The van der Waals surface area contributed by atoms with E-state index in [2.05, 4.69) is 10.6 Å². The highest BCUT2D eigenvalue weighted by Gasteiger charge is 2.23. The lowest BCUT2D eigenvalue weighted by Crippen LogP contribution is -2.43. The SMILES string of the molecule is COC(=O)C(Cc1cc(I)c(O)c(I)c1)NC(=O)Cc1ccccc1Nc1c(Cl)cccc1Cl. The molecule has 3 rings (SSSR count). The molecule has 0 saturated heterocycles. The molecule has 10 heteroatoms. The Morgan fingerprint density at radius 3 is 2.26 bits per heavy atom. The van der Waals surface area contributed by atoms with E-state index in [9.17, 15) is 14.7 Å². The number of benzene rings is 3. The topological polar surface area (TPSA) is 87.7 Å². The standard InChI is InChI=1S/C24H20Cl2I2N2O4/c1-34-24(33)20(11-13-9-17(27)23(32)18(28)10-13)29-21(31)12-14-5-2-3-8-19(14)30-22-15(25)6-4-7-16(22)26/h2-10,20,30,32H,11-12H2,1H3,(H,29,31). The van der Waals surface area contributed by atoms with Crippen LogP contribution < -0.4 is 10.6 Å². The van der Waals surface area contributed by atoms with Gasteiger partial charge in [-0.15, -0.1) is 0 Å². The van der Waals surface area contributed by atoms with Crippen LogP contribution in [0.4, 0.5) is 11.4 Å². The van der Waals surface area contributed by atoms with Crippen LogP contribution in [0, 0.1) is 7.14 Å². The molecule has 34 heavy (non-hydrogen) atoms. The Balaban J connectivity index is 1.77. The molecule has 0 saturated carbocycles. The number of methoxy groups -OCH3 is 1. The molecule has 0 heterocycles. The molecule has 3 aromatic carbocycles. The van der Waals surface area contributed by atoms with Crippen LogP contribution >= 0.6 is 68.4 Å². The number of nitrogens with one attached hydrogen (secondary N) is 2. The van der Waals surface area contributed by atoms with Crippen molar-refractivity contribution in [1.29, 1.82) is 0 Å². The van der Waals surface area contributed by atoms with Crippen LogP contribution in [-0.4, -0.2) is 30.1 Å². The molecule has 0 aliphatic carbocycles. The number of phenols is 1. The summed E-state index contributed by atoms with van der Waals surface area (Å²) in [6.07, 6.45) is 0.239. The van der Waals surface area contributed by atoms with Crippen LogP contribution in [0.15, 0.2) is 54.6 Å². The summed E-state index contributed by atoms with van der Waals surface area (Å²) in [5, 5.41) is 16.9. The highest BCUT2D eigenvalue weighted by Crippen LogP contribution is 2.33. The van der Waals surface area contributed by atoms with Crippen molar-refractivity contribution in [2.24, 2.45) is 0 Å². The summed E-state index contributed by atoms with van der Waals surface area (Å²) in [4.78, 5) is 25.3. The Morgan fingerprint density at radius 1 is 1.03 bits per heavy atom. The van der Waals surface area contributed by atoms with Gasteiger partial charge in [-0.2, -0.15) is 0 Å². The lowest BCUT2D eigenvalue weighted by Gasteiger charge is -2.18. The fraction of sp³-hybridized carbons (Fsp3) is 0.167. The molecule has 1 atom stereocenters. The van der Waals surface area contributed by atoms with Crippen molar-refractivity contribution in [2.75, 3.05) is 12.4 Å². The minimum atomic E-state index is -0.883. The highest BCUT2D eigenvalue weighted by molar-refractivity contribution is 14.1. The Kier molecular flexibility index (Phi) is 9.69. The van der Waals surface area contributed by atoms with Gasteiger partial charge in [-0.1, -0.05) is 47.5 Å². The Bertz CT molecular complexity index is 1180. The van der Waals surface area contributed by atoms with Gasteiger partial charge < -0.3 is 20.5 Å². The zero-order valence-corrected chi connectivity index (χ0v) is 23.7. The summed E-state index contributed by atoms with van der Waals surface area (Å²) in [7, 11) is 1.28. The molecule has 0 aromatic heterocycles. The number of carbonyl (C=O) groups is 2. The van der Waals surface area contributed by atoms with E-state index < -0.39 is 12.0 Å². The van der Waals surface area contributed by atoms with Crippen molar-refractivity contribution >= 4 is 91.6 Å². The van der Waals surface area contributed by atoms with Gasteiger partial charge in [0.1, 0.15) is 11.8 Å². The third-order valence-electron chi connectivity index (χ3n) is 4.93. The van der Waals surface area contributed by atoms with Crippen molar-refractivity contribution in [3.8, 4) is 5.75 Å². The third-order valence-corrected chi connectivity index (χ3v) is 7.20. The van der Waals surface area contributed by atoms with Crippen LogP contribution in [0.5, 0.6) is 5.75 Å². The number of carbonyl (C=O) groups excluding carboxylic acids is 2. The first kappa shape index (κ1) is 26.8. The number of ether oxygens (including phenoxy) is 1. The summed E-state index contributed by atoms with van der Waals surface area (Å²) < 4.78 is 6.22. The van der Waals surface area contributed by atoms with E-state index in [1.807, 2.05) is 69.4 Å². The number of rotatable bonds is 8. The molecule has 0 aliphatic heterocycles. The van der Waals surface area contributed by atoms with Gasteiger partial charge in [0.25, 0.3) is 0 Å². The largest absolute Gasteiger partial charge is 0.506 e. The average molecular weight is 725 g/mol. The molecule has 178 valence electrons. The number of para-hydroxylation sites is 2. The molecule has 0 aliphatic rings. The second-order valence-electron chi connectivity index (χ2n) is 7.31. The Morgan fingerprint density at radius 2 is 1.65 bits per heavy atom. The van der Waals surface area contributed by atoms with E-state index >= 15 is 0 Å². The van der Waals surface area contributed by atoms with Crippen LogP contribution in [0.25, 0.3) is 0 Å². The van der Waals surface area contributed by atoms with Gasteiger partial charge >= 0.3 is 5.97 Å². The second-order valence-corrected chi connectivity index (χ2v) is 10.4. The monoisotopic (exact) mass is 724 g/mol. The summed E-state index contributed by atoms with van der Waals surface area (Å²) in [5.74, 6) is -0.717. The average Bonchev–Trinajstić information content (AvgIpc) is 2.80. The second kappa shape index (κ2) is 12.3. The fourth-order valence-corrected chi connectivity index (χ4v) is 5.66. The van der Waals surface area contributed by atoms with E-state index in [4.69, 9.17) is 27.9 Å². The van der Waals surface area contributed by atoms with Crippen molar-refractivity contribution in [3.05, 3.63) is 82.9 Å². The maximum atomic E-state index is 12.9. The van der Waals surface area contributed by atoms with Crippen LogP contribution in [0.3, 0.4) is 0 Å². The first-order chi connectivity index (χ1) is 16.2. The maximum Gasteiger partial charge on any atom is 0.328 e. The number of hydrogen-bond acceptors (Lipinski definition) is 5. The summed E-state index contributed by atoms with van der Waals surface area (Å²) in [5.41, 5.74) is 2.71. The van der Waals surface area contributed by atoms with Crippen LogP contribution in [0.2, 0.25) is 10.0 Å². The lowest BCUT2D eigenvalue weighted by molar-refractivity contribution is -0.145. The van der Waals surface area contributed by atoms with E-state index in [-0.39, 0.29) is 24.5 Å². The van der Waals surface area contributed by atoms with Crippen LogP contribution in [-0.2, 0) is 27.2 Å². The van der Waals surface area contributed by atoms with Crippen molar-refractivity contribution in [1.82, 2.24) is 5.32 Å². The van der Waals surface area contributed by atoms with E-state index in [1.54, 1.807) is 30.3 Å². The first-order valence-electron chi connectivity index (χ1n) is 10.0. The molecule has 3 N–H and O–H groups in total. The number of esters is 1. The quantitative estimate of drug-likeness (QED) is 0.193. The molecule has 0 fully saturated rings. The summed E-state index contributed by atoms with van der Waals surface area (Å²) in [6, 6.07) is 15.1. The van der Waals surface area contributed by atoms with Gasteiger partial charge in [-0.25, -0.2) is 4.79 Å². The van der Waals surface area contributed by atoms with Crippen LogP contribution in [0.1, 0.15) is 11.1 Å². The Hall–Kier alpha value is -1.76. The van der Waals surface area contributed by atoms with Gasteiger partial charge in [-0.05, 0) is 86.6 Å². The minimum Gasteiger partial charge on any atom is -0.506 e. The van der Waals surface area contributed by atoms with Crippen molar-refractivity contribution < 1.29 is 19.4 Å². The molecule has 0 spiro atoms. The van der Waals surface area contributed by atoms with E-state index in [1.165, 1.54) is 7.11 Å². The zero-order valence-electron chi connectivity index (χ0n) is 17.9. The first-order valence-corrected chi connectivity index (χ1v) is 12.9. The molecular formula is C24H20Cl2I2N2O4. The number of aromatic hydroxyl groups is 1. The molecule has 0 bridgehead atoms. The smallest absolute Gasteiger partial charge is 0.328 e. The predicted octanol–water partition coefficient (Wildman–Crippen LogP) is 6.09. The van der Waals surface area contributed by atoms with E-state index in [0.29, 0.717) is 34.1 Å². The van der Waals surface area contributed by atoms with Gasteiger partial charge in [0.2, 0.25) is 5.91 Å². The number of amides is 1. The normalized spacial score (nSPS) is 11.6. The lowest BCUT2D eigenvalue weighted by atomic mass is 10.0. The molecule has 0 radical (unpaired) electrons. The third kappa shape index (κ3) is 6.89.